The van der Waals surface area contributed by atoms with Crippen LogP contribution in [0.5, 0.6) is 11.5 Å². The van der Waals surface area contributed by atoms with Gasteiger partial charge in [0, 0.05) is 13.0 Å². The van der Waals surface area contributed by atoms with Gasteiger partial charge in [-0.2, -0.15) is 0 Å². The molecule has 0 bridgehead atoms. The Balaban J connectivity index is 2.28. The lowest BCUT2D eigenvalue weighted by Gasteiger charge is -2.12. The molecule has 0 aliphatic heterocycles. The van der Waals surface area contributed by atoms with Crippen LogP contribution in [0.1, 0.15) is 94.0 Å². The van der Waals surface area contributed by atoms with E-state index in [-0.39, 0.29) is 23.4 Å². The molecule has 6 nitrogen and oxygen atoms in total. The number of rotatable bonds is 15. The molecular weight excluding hydrogens is 384 g/mol. The van der Waals surface area contributed by atoms with Crippen LogP contribution in [0.25, 0.3) is 0 Å². The van der Waals surface area contributed by atoms with Crippen molar-refractivity contribution in [2.24, 2.45) is 0 Å². The standard InChI is InChI=1S/C24H36O6/c1-3-4-10-14-21(30-18(2)25)15-12-9-7-5-6-8-11-13-19-16-20(26)17-22(27)23(19)24(28)29/h12,15-17,21,26-27H,3-11,13-14H2,1-2H3,(H,28,29)/b15-12-/t21-/m1/s1. The normalized spacial score (nSPS) is 12.2. The highest BCUT2D eigenvalue weighted by Gasteiger charge is 2.16. The second-order valence-corrected chi connectivity index (χ2v) is 7.68. The number of carboxylic acids is 1. The van der Waals surface area contributed by atoms with E-state index in [0.29, 0.717) is 12.0 Å². The number of carbonyl (C=O) groups excluding carboxylic acids is 1. The van der Waals surface area contributed by atoms with E-state index >= 15 is 0 Å². The van der Waals surface area contributed by atoms with Crippen molar-refractivity contribution in [1.82, 2.24) is 0 Å². The fraction of sp³-hybridized carbons (Fsp3) is 0.583. The highest BCUT2D eigenvalue weighted by molar-refractivity contribution is 5.92. The van der Waals surface area contributed by atoms with Crippen LogP contribution >= 0.6 is 0 Å². The van der Waals surface area contributed by atoms with E-state index in [4.69, 9.17) is 4.74 Å². The fourth-order valence-electron chi connectivity index (χ4n) is 3.47. The molecule has 6 heteroatoms. The SMILES string of the molecule is CCCCC[C@H](/C=C\CCCCCCCc1cc(O)cc(O)c1C(=O)O)OC(C)=O. The van der Waals surface area contributed by atoms with Crippen LogP contribution in [-0.2, 0) is 16.0 Å². The number of carbonyl (C=O) groups is 2. The molecule has 30 heavy (non-hydrogen) atoms. The van der Waals surface area contributed by atoms with Gasteiger partial charge in [-0.05, 0) is 56.2 Å². The summed E-state index contributed by atoms with van der Waals surface area (Å²) >= 11 is 0. The second-order valence-electron chi connectivity index (χ2n) is 7.68. The number of esters is 1. The van der Waals surface area contributed by atoms with Crippen molar-refractivity contribution in [2.45, 2.75) is 90.6 Å². The molecule has 3 N–H and O–H groups in total. The zero-order chi connectivity index (χ0) is 22.4. The number of phenols is 2. The number of allylic oxidation sites excluding steroid dienone is 1. The summed E-state index contributed by atoms with van der Waals surface area (Å²) in [6.07, 6.45) is 14.5. The van der Waals surface area contributed by atoms with E-state index in [9.17, 15) is 24.9 Å². The predicted octanol–water partition coefficient (Wildman–Crippen LogP) is 5.75. The monoisotopic (exact) mass is 420 g/mol. The lowest BCUT2D eigenvalue weighted by molar-refractivity contribution is -0.144. The number of aromatic hydroxyl groups is 2. The third-order valence-corrected chi connectivity index (χ3v) is 4.98. The number of aryl methyl sites for hydroxylation is 1. The average Bonchev–Trinajstić information content (AvgIpc) is 2.65. The Kier molecular flexibility index (Phi) is 12.3. The van der Waals surface area contributed by atoms with Gasteiger partial charge in [-0.3, -0.25) is 4.79 Å². The summed E-state index contributed by atoms with van der Waals surface area (Å²) in [5, 5.41) is 28.6. The van der Waals surface area contributed by atoms with Crippen LogP contribution in [0.2, 0.25) is 0 Å². The Morgan fingerprint density at radius 3 is 2.40 bits per heavy atom. The van der Waals surface area contributed by atoms with Crippen LogP contribution in [0.15, 0.2) is 24.3 Å². The smallest absolute Gasteiger partial charge is 0.339 e. The fourth-order valence-corrected chi connectivity index (χ4v) is 3.47. The first-order chi connectivity index (χ1) is 14.3. The summed E-state index contributed by atoms with van der Waals surface area (Å²) in [5.74, 6) is -1.95. The van der Waals surface area contributed by atoms with Crippen LogP contribution < -0.4 is 0 Å². The molecule has 0 saturated heterocycles. The molecule has 0 unspecified atom stereocenters. The summed E-state index contributed by atoms with van der Waals surface area (Å²) in [6, 6.07) is 2.46. The van der Waals surface area contributed by atoms with Gasteiger partial charge in [0.05, 0.1) is 0 Å². The quantitative estimate of drug-likeness (QED) is 0.190. The Labute approximate surface area is 179 Å². The molecule has 0 aromatic heterocycles. The molecule has 0 saturated carbocycles. The highest BCUT2D eigenvalue weighted by Crippen LogP contribution is 2.28. The van der Waals surface area contributed by atoms with Gasteiger partial charge in [-0.1, -0.05) is 45.1 Å². The van der Waals surface area contributed by atoms with Crippen molar-refractivity contribution in [1.29, 1.82) is 0 Å². The van der Waals surface area contributed by atoms with Crippen LogP contribution in [0, 0.1) is 0 Å². The van der Waals surface area contributed by atoms with Crippen molar-refractivity contribution < 1.29 is 29.6 Å². The molecule has 0 heterocycles. The molecule has 1 atom stereocenters. The van der Waals surface area contributed by atoms with Crippen LogP contribution in [-0.4, -0.2) is 33.4 Å². The first-order valence-corrected chi connectivity index (χ1v) is 11.0. The zero-order valence-corrected chi connectivity index (χ0v) is 18.2. The van der Waals surface area contributed by atoms with E-state index in [1.54, 1.807) is 0 Å². The third kappa shape index (κ3) is 10.3. The van der Waals surface area contributed by atoms with Crippen LogP contribution in [0.3, 0.4) is 0 Å². The number of carboxylic acid groups (broad SMARTS) is 1. The highest BCUT2D eigenvalue weighted by atomic mass is 16.5. The molecular formula is C24H36O6. The lowest BCUT2D eigenvalue weighted by Crippen LogP contribution is -2.13. The zero-order valence-electron chi connectivity index (χ0n) is 18.2. The second kappa shape index (κ2) is 14.5. The Hall–Kier alpha value is -2.50. The van der Waals surface area contributed by atoms with E-state index < -0.39 is 11.7 Å². The average molecular weight is 421 g/mol. The van der Waals surface area contributed by atoms with Gasteiger partial charge < -0.3 is 20.1 Å². The lowest BCUT2D eigenvalue weighted by atomic mass is 9.99. The minimum absolute atomic E-state index is 0.124. The number of phenolic OH excluding ortho intramolecular Hbond substituents is 1. The number of hydrogen-bond acceptors (Lipinski definition) is 5. The minimum Gasteiger partial charge on any atom is -0.508 e. The van der Waals surface area contributed by atoms with E-state index in [2.05, 4.69) is 13.0 Å². The molecule has 0 aliphatic carbocycles. The van der Waals surface area contributed by atoms with Gasteiger partial charge in [0.15, 0.2) is 0 Å². The molecule has 0 spiro atoms. The van der Waals surface area contributed by atoms with Gasteiger partial charge in [0.2, 0.25) is 0 Å². The number of benzene rings is 1. The summed E-state index contributed by atoms with van der Waals surface area (Å²) in [5.41, 5.74) is 0.335. The largest absolute Gasteiger partial charge is 0.508 e. The van der Waals surface area contributed by atoms with Crippen molar-refractivity contribution in [3.05, 3.63) is 35.4 Å². The van der Waals surface area contributed by atoms with Gasteiger partial charge in [0.1, 0.15) is 23.2 Å². The molecule has 0 radical (unpaired) electrons. The van der Waals surface area contributed by atoms with Crippen molar-refractivity contribution in [3.63, 3.8) is 0 Å². The van der Waals surface area contributed by atoms with Crippen molar-refractivity contribution >= 4 is 11.9 Å². The minimum atomic E-state index is -1.18. The van der Waals surface area contributed by atoms with Gasteiger partial charge in [-0.25, -0.2) is 4.79 Å². The van der Waals surface area contributed by atoms with Crippen molar-refractivity contribution in [3.8, 4) is 11.5 Å². The summed E-state index contributed by atoms with van der Waals surface area (Å²) < 4.78 is 5.34. The third-order valence-electron chi connectivity index (χ3n) is 4.98. The Bertz CT molecular complexity index is 695. The maximum atomic E-state index is 11.3. The number of ether oxygens (including phenoxy) is 1. The maximum Gasteiger partial charge on any atom is 0.339 e. The summed E-state index contributed by atoms with van der Waals surface area (Å²) in [4.78, 5) is 22.5. The van der Waals surface area contributed by atoms with Gasteiger partial charge in [-0.15, -0.1) is 0 Å². The molecule has 168 valence electrons. The van der Waals surface area contributed by atoms with E-state index in [1.807, 2.05) is 6.08 Å². The van der Waals surface area contributed by atoms with Crippen molar-refractivity contribution in [2.75, 3.05) is 0 Å². The molecule has 1 aromatic rings. The first kappa shape index (κ1) is 25.5. The number of hydrogen-bond donors (Lipinski definition) is 3. The molecule has 1 rings (SSSR count). The number of unbranched alkanes of at least 4 members (excludes halogenated alkanes) is 7. The summed E-state index contributed by atoms with van der Waals surface area (Å²) in [7, 11) is 0. The van der Waals surface area contributed by atoms with Crippen LogP contribution in [0.4, 0.5) is 0 Å². The Morgan fingerprint density at radius 2 is 1.73 bits per heavy atom. The predicted molar refractivity (Wildman–Crippen MR) is 117 cm³/mol. The molecule has 0 fully saturated rings. The maximum absolute atomic E-state index is 11.3. The topological polar surface area (TPSA) is 104 Å². The number of aromatic carboxylic acids is 1. The molecule has 1 aromatic carbocycles. The van der Waals surface area contributed by atoms with Gasteiger partial charge >= 0.3 is 11.9 Å². The Morgan fingerprint density at radius 1 is 1.03 bits per heavy atom. The first-order valence-electron chi connectivity index (χ1n) is 11.0. The molecule has 0 aliphatic rings. The van der Waals surface area contributed by atoms with E-state index in [1.165, 1.54) is 13.0 Å². The summed E-state index contributed by atoms with van der Waals surface area (Å²) in [6.45, 7) is 3.59. The van der Waals surface area contributed by atoms with E-state index in [0.717, 1.165) is 70.3 Å². The van der Waals surface area contributed by atoms with Gasteiger partial charge in [0.25, 0.3) is 0 Å². The molecule has 0 amide bonds.